The highest BCUT2D eigenvalue weighted by molar-refractivity contribution is 6.91. The maximum atomic E-state index is 15.3. The van der Waals surface area contributed by atoms with Crippen molar-refractivity contribution < 1.29 is 29.1 Å². The molecule has 2 amide bonds. The van der Waals surface area contributed by atoms with Crippen LogP contribution in [0.25, 0.3) is 0 Å². The number of hydrogen-bond donors (Lipinski definition) is 3. The molecule has 0 bridgehead atoms. The van der Waals surface area contributed by atoms with Gasteiger partial charge in [0.15, 0.2) is 5.60 Å². The van der Waals surface area contributed by atoms with Crippen molar-refractivity contribution in [3.63, 3.8) is 0 Å². The van der Waals surface area contributed by atoms with Crippen molar-refractivity contribution in [1.29, 1.82) is 0 Å². The van der Waals surface area contributed by atoms with E-state index in [2.05, 4.69) is 53.1 Å². The van der Waals surface area contributed by atoms with E-state index in [1.807, 2.05) is 72.9 Å². The lowest BCUT2D eigenvalue weighted by Gasteiger charge is -2.37. The van der Waals surface area contributed by atoms with Crippen molar-refractivity contribution >= 4 is 42.1 Å². The molecule has 4 heterocycles. The number of ether oxygens (including phenoxy) is 2. The lowest BCUT2D eigenvalue weighted by molar-refractivity contribution is -0.385. The Balaban J connectivity index is 1.12. The first-order valence-corrected chi connectivity index (χ1v) is 24.1. The largest absolute Gasteiger partial charge is 0.497 e. The number of benzene rings is 4. The zero-order valence-electron chi connectivity index (χ0n) is 35.0. The number of anilines is 2. The minimum Gasteiger partial charge on any atom is -0.497 e. The van der Waals surface area contributed by atoms with Gasteiger partial charge in [0.1, 0.15) is 5.75 Å². The highest BCUT2D eigenvalue weighted by atomic mass is 28.3. The fraction of sp³-hybridized carbons (Fsp3) is 0.391. The summed E-state index contributed by atoms with van der Waals surface area (Å²) in [6.07, 6.45) is 3.71. The predicted octanol–water partition coefficient (Wildman–Crippen LogP) is 6.11. The van der Waals surface area contributed by atoms with Crippen LogP contribution in [0, 0.1) is 22.0 Å². The fourth-order valence-electron chi connectivity index (χ4n) is 9.93. The van der Waals surface area contributed by atoms with E-state index in [1.54, 1.807) is 22.8 Å². The van der Waals surface area contributed by atoms with E-state index in [4.69, 9.17) is 9.47 Å². The van der Waals surface area contributed by atoms with Gasteiger partial charge < -0.3 is 30.1 Å². The minimum absolute atomic E-state index is 0.0180. The second-order valence-corrected chi connectivity index (χ2v) is 21.8. The standard InChI is InChI=1S/C46H53N7O7Si/c1-30-43(61(3,4)37-19-17-36(59-2)18-20-37)42(22-24-51-28-40(49-50-51)38(29-54)32-9-6-5-7-10-32)60-46(30)39-25-35(53(57)58)16-21-41(39)52(45(46)56)27-31-12-14-34(15-13-31)48-44(55)33-11-8-23-47-26-33/h5-7,9-10,12-21,25,28,30,33,38,42-43,47,54H,8,11,22-24,26-27,29H2,1-4H3,(H,48,55)/t30-,33?,38?,42+,43-,46+/m1/s1. The van der Waals surface area contributed by atoms with E-state index in [1.165, 1.54) is 17.3 Å². The van der Waals surface area contributed by atoms with Crippen LogP contribution in [0.3, 0.4) is 0 Å². The predicted molar refractivity (Wildman–Crippen MR) is 235 cm³/mol. The van der Waals surface area contributed by atoms with Gasteiger partial charge in [0, 0.05) is 48.6 Å². The quantitative estimate of drug-likeness (QED) is 0.0673. The van der Waals surface area contributed by atoms with Gasteiger partial charge in [0.25, 0.3) is 11.6 Å². The number of nitro benzene ring substituents is 1. The van der Waals surface area contributed by atoms with E-state index < -0.39 is 24.7 Å². The molecule has 2 saturated heterocycles. The number of amides is 2. The molecule has 4 aromatic carbocycles. The number of nitrogens with one attached hydrogen (secondary N) is 2. The maximum Gasteiger partial charge on any atom is 0.269 e. The molecule has 61 heavy (non-hydrogen) atoms. The number of non-ortho nitro benzene ring substituents is 1. The topological polar surface area (TPSA) is 174 Å². The van der Waals surface area contributed by atoms with Crippen LogP contribution < -0.4 is 25.5 Å². The molecule has 14 nitrogen and oxygen atoms in total. The molecule has 1 spiro atoms. The molecular formula is C46H53N7O7Si. The first kappa shape index (κ1) is 42.0. The van der Waals surface area contributed by atoms with Crippen molar-refractivity contribution in [3.05, 3.63) is 136 Å². The molecule has 2 fully saturated rings. The van der Waals surface area contributed by atoms with Crippen LogP contribution >= 0.6 is 0 Å². The molecule has 0 radical (unpaired) electrons. The Morgan fingerprint density at radius 2 is 1.85 bits per heavy atom. The molecule has 0 saturated carbocycles. The van der Waals surface area contributed by atoms with E-state index in [0.717, 1.165) is 36.3 Å². The fourth-order valence-corrected chi connectivity index (χ4v) is 14.0. The normalized spacial score (nSPS) is 22.9. The molecule has 0 aliphatic carbocycles. The van der Waals surface area contributed by atoms with Crippen LogP contribution in [-0.4, -0.2) is 77.8 Å². The number of fused-ring (bicyclic) bond motifs is 2. The second-order valence-electron chi connectivity index (χ2n) is 17.1. The Bertz CT molecular complexity index is 2370. The summed E-state index contributed by atoms with van der Waals surface area (Å²) >= 11 is 0. The molecule has 1 aromatic heterocycles. The third kappa shape index (κ3) is 7.98. The van der Waals surface area contributed by atoms with Gasteiger partial charge in [-0.15, -0.1) is 5.10 Å². The maximum absolute atomic E-state index is 15.3. The van der Waals surface area contributed by atoms with Gasteiger partial charge in [0.05, 0.1) is 62.6 Å². The first-order chi connectivity index (χ1) is 29.4. The van der Waals surface area contributed by atoms with Crippen LogP contribution in [0.1, 0.15) is 54.5 Å². The van der Waals surface area contributed by atoms with E-state index in [9.17, 15) is 20.0 Å². The summed E-state index contributed by atoms with van der Waals surface area (Å²) in [5.74, 6) is -0.334. The van der Waals surface area contributed by atoms with Crippen LogP contribution in [-0.2, 0) is 33.0 Å². The number of nitro groups is 1. The molecule has 318 valence electrons. The lowest BCUT2D eigenvalue weighted by Crippen LogP contribution is -2.51. The number of carbonyl (C=O) groups is 2. The van der Waals surface area contributed by atoms with Gasteiger partial charge in [-0.25, -0.2) is 0 Å². The molecule has 15 heteroatoms. The molecule has 3 N–H and O–H groups in total. The highest BCUT2D eigenvalue weighted by Gasteiger charge is 2.66. The summed E-state index contributed by atoms with van der Waals surface area (Å²) in [6, 6.07) is 29.9. The Morgan fingerprint density at radius 3 is 2.52 bits per heavy atom. The SMILES string of the molecule is COc1ccc([Si](C)(C)[C@H]2[C@H](CCn3cc(C(CO)c4ccccc4)nn3)O[C@@]3(C(=O)N(Cc4ccc(NC(=O)C5CCCNC5)cc4)c4ccc([N+](=O)[O-])cc43)[C@@H]2C)cc1. The molecular weight excluding hydrogens is 791 g/mol. The van der Waals surface area contributed by atoms with Gasteiger partial charge in [-0.3, -0.25) is 24.4 Å². The number of rotatable bonds is 14. The summed E-state index contributed by atoms with van der Waals surface area (Å²) in [6.45, 7) is 8.73. The summed E-state index contributed by atoms with van der Waals surface area (Å²) in [7, 11) is -0.882. The van der Waals surface area contributed by atoms with Crippen molar-refractivity contribution in [3.8, 4) is 5.75 Å². The molecule has 3 aliphatic rings. The number of aliphatic hydroxyl groups excluding tert-OH is 1. The lowest BCUT2D eigenvalue weighted by atomic mass is 9.82. The second kappa shape index (κ2) is 17.3. The first-order valence-electron chi connectivity index (χ1n) is 21.0. The summed E-state index contributed by atoms with van der Waals surface area (Å²) in [5, 5.41) is 39.0. The third-order valence-electron chi connectivity index (χ3n) is 13.2. The van der Waals surface area contributed by atoms with Crippen LogP contribution in [0.4, 0.5) is 17.1 Å². The van der Waals surface area contributed by atoms with Gasteiger partial charge >= 0.3 is 0 Å². The average Bonchev–Trinajstić information content (AvgIpc) is 3.94. The Morgan fingerprint density at radius 1 is 1.10 bits per heavy atom. The number of nitrogens with zero attached hydrogens (tertiary/aromatic N) is 5. The summed E-state index contributed by atoms with van der Waals surface area (Å²) in [5.41, 5.74) is 2.43. The van der Waals surface area contributed by atoms with Gasteiger partial charge in [-0.1, -0.05) is 85.0 Å². The van der Waals surface area contributed by atoms with Crippen molar-refractivity contribution in [2.45, 2.75) is 75.5 Å². The van der Waals surface area contributed by atoms with Gasteiger partial charge in [-0.05, 0) is 72.8 Å². The molecule has 2 unspecified atom stereocenters. The van der Waals surface area contributed by atoms with E-state index in [0.29, 0.717) is 42.1 Å². The van der Waals surface area contributed by atoms with Crippen LogP contribution in [0.15, 0.2) is 103 Å². The summed E-state index contributed by atoms with van der Waals surface area (Å²) in [4.78, 5) is 41.8. The molecule has 3 aliphatic heterocycles. The van der Waals surface area contributed by atoms with E-state index in [-0.39, 0.29) is 53.9 Å². The van der Waals surface area contributed by atoms with Crippen LogP contribution in [0.5, 0.6) is 5.75 Å². The highest BCUT2D eigenvalue weighted by Crippen LogP contribution is 2.60. The Hall–Kier alpha value is -5.74. The number of aryl methyl sites for hydroxylation is 1. The molecule has 5 aromatic rings. The smallest absolute Gasteiger partial charge is 0.269 e. The zero-order valence-corrected chi connectivity index (χ0v) is 36.0. The molecule has 6 atom stereocenters. The Kier molecular flexibility index (Phi) is 11.9. The van der Waals surface area contributed by atoms with E-state index >= 15 is 4.79 Å². The average molecular weight is 844 g/mol. The third-order valence-corrected chi connectivity index (χ3v) is 17.6. The summed E-state index contributed by atoms with van der Waals surface area (Å²) < 4.78 is 14.5. The number of aliphatic hydroxyl groups is 1. The van der Waals surface area contributed by atoms with Crippen LogP contribution in [0.2, 0.25) is 18.6 Å². The number of hydrogen-bond acceptors (Lipinski definition) is 10. The number of aromatic nitrogens is 3. The monoisotopic (exact) mass is 843 g/mol. The number of piperidine rings is 1. The molecule has 8 rings (SSSR count). The number of carbonyl (C=O) groups excluding carboxylic acids is 2. The van der Waals surface area contributed by atoms with Gasteiger partial charge in [0.2, 0.25) is 5.91 Å². The minimum atomic E-state index is -2.52. The van der Waals surface area contributed by atoms with Crippen molar-refractivity contribution in [1.82, 2.24) is 20.3 Å². The zero-order chi connectivity index (χ0) is 42.9. The Labute approximate surface area is 356 Å². The number of methoxy groups -OCH3 is 1. The van der Waals surface area contributed by atoms with Gasteiger partial charge in [-0.2, -0.15) is 0 Å². The van der Waals surface area contributed by atoms with Crippen molar-refractivity contribution in [2.24, 2.45) is 11.8 Å². The van der Waals surface area contributed by atoms with Crippen molar-refractivity contribution in [2.75, 3.05) is 37.0 Å².